The Morgan fingerprint density at radius 1 is 0.426 bits per heavy atom. The molecule has 0 amide bonds. The number of hydrogen-bond donors (Lipinski definition) is 20. The summed E-state index contributed by atoms with van der Waals surface area (Å²) >= 11 is 0. The number of aliphatic hydroxyl groups excluding tert-OH is 20. The minimum Gasteiger partial charge on any atom is -0.487 e. The van der Waals surface area contributed by atoms with Crippen molar-refractivity contribution in [3.8, 4) is 11.5 Å². The first-order valence-electron chi connectivity index (χ1n) is 29.9. The highest BCUT2D eigenvalue weighted by Gasteiger charge is 2.52. The second-order valence-corrected chi connectivity index (χ2v) is 23.1. The largest absolute Gasteiger partial charge is 0.487 e. The molecule has 0 aliphatic carbocycles. The van der Waals surface area contributed by atoms with E-state index in [1.807, 2.05) is 0 Å². The van der Waals surface area contributed by atoms with Crippen LogP contribution in [0.1, 0.15) is 17.7 Å². The third kappa shape index (κ3) is 17.6. The van der Waals surface area contributed by atoms with Gasteiger partial charge in [0.25, 0.3) is 0 Å². The van der Waals surface area contributed by atoms with Gasteiger partial charge < -0.3 is 168 Å². The van der Waals surface area contributed by atoms with Crippen LogP contribution >= 0.6 is 0 Å². The summed E-state index contributed by atoms with van der Waals surface area (Å²) in [5.41, 5.74) is 0.991. The van der Waals surface area contributed by atoms with Gasteiger partial charge in [-0.05, 0) is 17.7 Å². The molecule has 6 fully saturated rings. The molecule has 1 aromatic heterocycles. The highest BCUT2D eigenvalue weighted by atomic mass is 16.8. The number of nitrogens with zero attached hydrogens (tertiary/aromatic N) is 6. The molecule has 7 aliphatic rings. The third-order valence-corrected chi connectivity index (χ3v) is 16.4. The van der Waals surface area contributed by atoms with Gasteiger partial charge in [-0.25, -0.2) is 9.67 Å². The van der Waals surface area contributed by atoms with Crippen LogP contribution in [0.3, 0.4) is 0 Å². The molecule has 40 nitrogen and oxygen atoms in total. The first-order chi connectivity index (χ1) is 44.9. The van der Waals surface area contributed by atoms with Crippen LogP contribution in [0.4, 0.5) is 0 Å². The van der Waals surface area contributed by atoms with Crippen LogP contribution < -0.4 is 9.47 Å². The van der Waals surface area contributed by atoms with Gasteiger partial charge in [0, 0.05) is 12.5 Å². The number of aliphatic hydroxyl groups is 20. The molecule has 7 aliphatic heterocycles. The van der Waals surface area contributed by atoms with Crippen LogP contribution in [-0.4, -0.2) is 373 Å². The van der Waals surface area contributed by atoms with Crippen molar-refractivity contribution < 1.29 is 168 Å². The fourth-order valence-corrected chi connectivity index (χ4v) is 10.7. The van der Waals surface area contributed by atoms with Crippen LogP contribution in [-0.2, 0) is 70.0 Å². The number of aliphatic imine (C=N–C) groups is 1. The molecule has 2 aromatic rings. The summed E-state index contributed by atoms with van der Waals surface area (Å²) < 4.78 is 80.0. The second kappa shape index (κ2) is 33.5. The van der Waals surface area contributed by atoms with E-state index in [9.17, 15) is 102 Å². The van der Waals surface area contributed by atoms with Crippen molar-refractivity contribution in [3.05, 3.63) is 42.2 Å². The molecule has 31 atom stereocenters. The lowest BCUT2D eigenvalue weighted by Gasteiger charge is -2.43. The van der Waals surface area contributed by atoms with Crippen molar-refractivity contribution in [2.45, 2.75) is 210 Å². The number of azo groups is 1. The molecule has 1 unspecified atom stereocenters. The van der Waals surface area contributed by atoms with Gasteiger partial charge in [0.15, 0.2) is 49.7 Å². The minimum atomic E-state index is -1.88. The molecule has 1 aromatic carbocycles. The first-order valence-corrected chi connectivity index (χ1v) is 29.9. The molecule has 40 heteroatoms. The zero-order valence-corrected chi connectivity index (χ0v) is 49.8. The summed E-state index contributed by atoms with van der Waals surface area (Å²) in [6.07, 6.45) is -47.9. The van der Waals surface area contributed by atoms with Crippen molar-refractivity contribution in [1.82, 2.24) is 15.0 Å². The van der Waals surface area contributed by atoms with Gasteiger partial charge in [-0.3, -0.25) is 0 Å². The van der Waals surface area contributed by atoms with Crippen LogP contribution in [0.5, 0.6) is 11.5 Å². The smallest absolute Gasteiger partial charge is 0.186 e. The molecule has 0 saturated carbocycles. The standard InChI is InChI=1S/C54H82N6O34/c1-2-19-7-21(83-13-20-10-60(59-56-20)4-6-82-50-44(76)40(72)34(66)26(92-50)15-88-54-48(80)42(74)36(68)28(94-54)17-86-52-46(78)38(70)32(64)24(12-62)90-52)9-22(8-19)84-18-30-55-29(57-58-30)3-5-81-49-43(75)39(71)33(65)25(91-49)14-87-53-47(79)41(73)35(67)27(93-53)16-85-51-45(77)37(69)31(63)23(11-61)89-51/h2,7-10,23-29,31-54,61-80H,1,3-6,11-18H2/t23-,24-,25-,26-,27-,28-,29?,31-,32-,33-,34-,35-,36-,37+,38+,39+,40+,41+,42+,43-,44-,45-,46-,47-,48-,49-,50-,51-,52-,53-,54-/m1/s1. The molecule has 532 valence electrons. The summed E-state index contributed by atoms with van der Waals surface area (Å²) in [6.45, 7) is -0.727. The number of hydrogen-bond acceptors (Lipinski definition) is 39. The lowest BCUT2D eigenvalue weighted by atomic mass is 9.98. The number of amidine groups is 1. The van der Waals surface area contributed by atoms with Crippen LogP contribution in [0.15, 0.2) is 46.2 Å². The Morgan fingerprint density at radius 3 is 1.16 bits per heavy atom. The zero-order valence-electron chi connectivity index (χ0n) is 49.8. The van der Waals surface area contributed by atoms with Gasteiger partial charge in [-0.15, -0.1) is 10.2 Å². The van der Waals surface area contributed by atoms with Crippen molar-refractivity contribution in [2.75, 3.05) is 59.5 Å². The lowest BCUT2D eigenvalue weighted by Crippen LogP contribution is -2.62. The van der Waals surface area contributed by atoms with Gasteiger partial charge in [0.05, 0.1) is 65.6 Å². The Morgan fingerprint density at radius 2 is 0.777 bits per heavy atom. The average Bonchev–Trinajstić information content (AvgIpc) is 0.942. The Balaban J connectivity index is 0.683. The maximum Gasteiger partial charge on any atom is 0.186 e. The highest BCUT2D eigenvalue weighted by Crippen LogP contribution is 2.32. The quantitative estimate of drug-likeness (QED) is 0.0360. The van der Waals surface area contributed by atoms with Crippen LogP contribution in [0.25, 0.3) is 6.08 Å². The molecule has 9 rings (SSSR count). The SMILES string of the molecule is C=Cc1cc(OCC2=NC(CCO[C@@H]3O[C@H](CO[C@@H]4O[C@H](CO[C@@H]5O[C@H](CO)[C@@H](O)[C@H](O)[C@H]5O)[C@@H](O)[C@H](O)[C@H]4O)[C@@H](O)[C@H](O)[C@H]3O)N=N2)cc(OCc2cn(CCO[C@@H]3O[C@H](CO[C@@H]4O[C@H](CO[C@@H]5O[C@H](CO)[C@@H](O)[C@H](O)[C@H]5O)[C@@H](O)[C@H](O)[C@H]4O)[C@@H](O)[C@H](O)[C@H]3O)nn2)c1. The molecule has 0 spiro atoms. The fourth-order valence-electron chi connectivity index (χ4n) is 10.7. The average molecular weight is 1360 g/mol. The van der Waals surface area contributed by atoms with E-state index in [-0.39, 0.29) is 45.2 Å². The number of benzene rings is 1. The summed E-state index contributed by atoms with van der Waals surface area (Å²) in [7, 11) is 0. The topological polar surface area (TPSA) is 602 Å². The molecule has 8 heterocycles. The molecule has 0 bridgehead atoms. The Labute approximate surface area is 532 Å². The van der Waals surface area contributed by atoms with Crippen molar-refractivity contribution in [1.29, 1.82) is 0 Å². The van der Waals surface area contributed by atoms with Gasteiger partial charge in [0.1, 0.15) is 177 Å². The molecule has 20 N–H and O–H groups in total. The van der Waals surface area contributed by atoms with Gasteiger partial charge in [-0.1, -0.05) is 17.9 Å². The normalized spacial score (nSPS) is 42.7. The van der Waals surface area contributed by atoms with E-state index in [4.69, 9.17) is 66.3 Å². The summed E-state index contributed by atoms with van der Waals surface area (Å²) in [5, 5.41) is 224. The van der Waals surface area contributed by atoms with Crippen LogP contribution in [0.2, 0.25) is 0 Å². The first kappa shape index (κ1) is 73.9. The Hall–Kier alpha value is -4.31. The van der Waals surface area contributed by atoms with Crippen molar-refractivity contribution >= 4 is 11.9 Å². The molecule has 94 heavy (non-hydrogen) atoms. The van der Waals surface area contributed by atoms with E-state index in [1.165, 1.54) is 4.68 Å². The van der Waals surface area contributed by atoms with Crippen LogP contribution in [0, 0.1) is 0 Å². The van der Waals surface area contributed by atoms with Crippen molar-refractivity contribution in [2.24, 2.45) is 15.2 Å². The number of rotatable bonds is 29. The van der Waals surface area contributed by atoms with Crippen molar-refractivity contribution in [3.63, 3.8) is 0 Å². The van der Waals surface area contributed by atoms with Gasteiger partial charge in [0.2, 0.25) is 0 Å². The van der Waals surface area contributed by atoms with E-state index in [0.717, 1.165) is 0 Å². The van der Waals surface area contributed by atoms with E-state index >= 15 is 0 Å². The number of aromatic nitrogens is 3. The Bertz CT molecular complexity index is 2750. The minimum absolute atomic E-state index is 0.0354. The monoisotopic (exact) mass is 1360 g/mol. The van der Waals surface area contributed by atoms with E-state index < -0.39 is 230 Å². The van der Waals surface area contributed by atoms with Gasteiger partial charge in [-0.2, -0.15) is 5.11 Å². The van der Waals surface area contributed by atoms with E-state index in [0.29, 0.717) is 22.8 Å². The fraction of sp³-hybridized carbons (Fsp3) is 0.796. The Kier molecular flexibility index (Phi) is 26.3. The van der Waals surface area contributed by atoms with E-state index in [1.54, 1.807) is 30.5 Å². The molecule has 6 saturated heterocycles. The lowest BCUT2D eigenvalue weighted by molar-refractivity contribution is -0.342. The predicted octanol–water partition coefficient (Wildman–Crippen LogP) is -11.6. The summed E-state index contributed by atoms with van der Waals surface area (Å²) in [6, 6.07) is 4.95. The third-order valence-electron chi connectivity index (χ3n) is 16.4. The predicted molar refractivity (Wildman–Crippen MR) is 297 cm³/mol. The highest BCUT2D eigenvalue weighted by molar-refractivity contribution is 5.85. The number of ether oxygens (including phenoxy) is 14. The van der Waals surface area contributed by atoms with E-state index in [2.05, 4.69) is 32.1 Å². The molecule has 0 radical (unpaired) electrons. The maximum atomic E-state index is 10.7. The maximum absolute atomic E-state index is 10.7. The molecular weight excluding hydrogens is 1280 g/mol. The van der Waals surface area contributed by atoms with Gasteiger partial charge >= 0.3 is 0 Å². The summed E-state index contributed by atoms with van der Waals surface area (Å²) in [5.74, 6) is 0.888. The zero-order chi connectivity index (χ0) is 67.8. The summed E-state index contributed by atoms with van der Waals surface area (Å²) in [4.78, 5) is 4.43. The second-order valence-electron chi connectivity index (χ2n) is 23.1. The molecular formula is C54H82N6O34.